The predicted octanol–water partition coefficient (Wildman–Crippen LogP) is 4.95. The third kappa shape index (κ3) is 4.88. The van der Waals surface area contributed by atoms with E-state index < -0.39 is 43.0 Å². The molecule has 2 aromatic rings. The standard InChI is InChI=1S/C20H18Cl2F3N3O2/c1-11(13-7-6-12(21)8-14(13)22)26-10-19(30)28-16-5-3-2-4-15(16)27-18(29)9-17(28)20(23,24)25/h2-8,11,17,26H,9-10H2,1H3,(H,27,29)/t11-,17-/m1/s1. The summed E-state index contributed by atoms with van der Waals surface area (Å²) in [7, 11) is 0. The molecule has 2 N–H and O–H groups in total. The largest absolute Gasteiger partial charge is 0.409 e. The molecular weight excluding hydrogens is 442 g/mol. The molecule has 0 bridgehead atoms. The van der Waals surface area contributed by atoms with Gasteiger partial charge in [-0.05, 0) is 36.8 Å². The van der Waals surface area contributed by atoms with Crippen molar-refractivity contribution in [3.63, 3.8) is 0 Å². The Labute approximate surface area is 181 Å². The van der Waals surface area contributed by atoms with Gasteiger partial charge in [-0.2, -0.15) is 13.2 Å². The number of fused-ring (bicyclic) bond motifs is 1. The van der Waals surface area contributed by atoms with E-state index in [4.69, 9.17) is 23.2 Å². The van der Waals surface area contributed by atoms with Crippen LogP contribution in [0.1, 0.15) is 24.9 Å². The first kappa shape index (κ1) is 22.4. The minimum atomic E-state index is -4.78. The van der Waals surface area contributed by atoms with Gasteiger partial charge in [-0.15, -0.1) is 0 Å². The van der Waals surface area contributed by atoms with E-state index in [9.17, 15) is 22.8 Å². The lowest BCUT2D eigenvalue weighted by molar-refractivity contribution is -0.157. The van der Waals surface area contributed by atoms with Gasteiger partial charge in [0.2, 0.25) is 11.8 Å². The Morgan fingerprint density at radius 2 is 1.97 bits per heavy atom. The van der Waals surface area contributed by atoms with Gasteiger partial charge in [0.1, 0.15) is 6.04 Å². The molecular formula is C20H18Cl2F3N3O2. The number of carbonyl (C=O) groups is 2. The Hall–Kier alpha value is -2.29. The van der Waals surface area contributed by atoms with Crippen molar-refractivity contribution in [2.45, 2.75) is 31.6 Å². The maximum atomic E-state index is 13.7. The van der Waals surface area contributed by atoms with E-state index in [1.807, 2.05) is 0 Å². The molecule has 0 saturated carbocycles. The SMILES string of the molecule is C[C@@H](NCC(=O)N1c2ccccc2NC(=O)C[C@@H]1C(F)(F)F)c1ccc(Cl)cc1Cl. The molecule has 0 radical (unpaired) electrons. The molecule has 30 heavy (non-hydrogen) atoms. The number of hydrogen-bond donors (Lipinski definition) is 2. The van der Waals surface area contributed by atoms with Gasteiger partial charge in [0.15, 0.2) is 0 Å². The lowest BCUT2D eigenvalue weighted by atomic mass is 10.1. The second-order valence-corrected chi connectivity index (χ2v) is 7.70. The van der Waals surface area contributed by atoms with E-state index in [1.165, 1.54) is 18.2 Å². The zero-order valence-electron chi connectivity index (χ0n) is 15.8. The monoisotopic (exact) mass is 459 g/mol. The Bertz CT molecular complexity index is 969. The van der Waals surface area contributed by atoms with Gasteiger partial charge in [-0.25, -0.2) is 0 Å². The Kier molecular flexibility index (Phi) is 6.59. The predicted molar refractivity (Wildman–Crippen MR) is 110 cm³/mol. The summed E-state index contributed by atoms with van der Waals surface area (Å²) in [6.45, 7) is 1.33. The van der Waals surface area contributed by atoms with Gasteiger partial charge in [0.25, 0.3) is 0 Å². The zero-order valence-corrected chi connectivity index (χ0v) is 17.3. The second kappa shape index (κ2) is 8.83. The average molecular weight is 460 g/mol. The highest BCUT2D eigenvalue weighted by Crippen LogP contribution is 2.37. The van der Waals surface area contributed by atoms with Crippen LogP contribution >= 0.6 is 23.2 Å². The van der Waals surface area contributed by atoms with Crippen molar-refractivity contribution < 1.29 is 22.8 Å². The molecule has 1 heterocycles. The summed E-state index contributed by atoms with van der Waals surface area (Å²) in [4.78, 5) is 25.6. The van der Waals surface area contributed by atoms with E-state index in [2.05, 4.69) is 10.6 Å². The maximum absolute atomic E-state index is 13.7. The molecule has 0 saturated heterocycles. The first-order chi connectivity index (χ1) is 14.1. The summed E-state index contributed by atoms with van der Waals surface area (Å²) in [6.07, 6.45) is -5.67. The van der Waals surface area contributed by atoms with Gasteiger partial charge in [0.05, 0.1) is 24.3 Å². The summed E-state index contributed by atoms with van der Waals surface area (Å²) in [5, 5.41) is 6.15. The highest BCUT2D eigenvalue weighted by Gasteiger charge is 2.48. The number of halogens is 5. The summed E-state index contributed by atoms with van der Waals surface area (Å²) in [6, 6.07) is 8.05. The van der Waals surface area contributed by atoms with Crippen LogP contribution < -0.4 is 15.5 Å². The lowest BCUT2D eigenvalue weighted by Gasteiger charge is -2.32. The molecule has 2 amide bonds. The van der Waals surface area contributed by atoms with E-state index in [-0.39, 0.29) is 11.4 Å². The first-order valence-electron chi connectivity index (χ1n) is 9.04. The Morgan fingerprint density at radius 3 is 2.63 bits per heavy atom. The fourth-order valence-corrected chi connectivity index (χ4v) is 3.86. The molecule has 2 atom stereocenters. The van der Waals surface area contributed by atoms with Crippen LogP contribution in [0.25, 0.3) is 0 Å². The Morgan fingerprint density at radius 1 is 1.27 bits per heavy atom. The van der Waals surface area contributed by atoms with Crippen LogP contribution in [-0.4, -0.2) is 30.6 Å². The molecule has 0 aromatic heterocycles. The minimum absolute atomic E-state index is 0.00495. The molecule has 1 aliphatic rings. The number of amides is 2. The number of rotatable bonds is 4. The lowest BCUT2D eigenvalue weighted by Crippen LogP contribution is -2.52. The molecule has 2 aromatic carbocycles. The summed E-state index contributed by atoms with van der Waals surface area (Å²) < 4.78 is 41.2. The summed E-state index contributed by atoms with van der Waals surface area (Å²) >= 11 is 12.0. The van der Waals surface area contributed by atoms with Gasteiger partial charge in [-0.3, -0.25) is 14.5 Å². The van der Waals surface area contributed by atoms with Crippen LogP contribution in [-0.2, 0) is 9.59 Å². The molecule has 3 rings (SSSR count). The van der Waals surface area contributed by atoms with Crippen LogP contribution in [0, 0.1) is 0 Å². The molecule has 0 unspecified atom stereocenters. The number of para-hydroxylation sites is 2. The maximum Gasteiger partial charge on any atom is 0.409 e. The van der Waals surface area contributed by atoms with Crippen molar-refractivity contribution in [1.29, 1.82) is 0 Å². The highest BCUT2D eigenvalue weighted by atomic mass is 35.5. The first-order valence-corrected chi connectivity index (χ1v) is 9.79. The van der Waals surface area contributed by atoms with Crippen LogP contribution in [0.5, 0.6) is 0 Å². The van der Waals surface area contributed by atoms with Crippen molar-refractivity contribution in [3.8, 4) is 0 Å². The number of nitrogens with zero attached hydrogens (tertiary/aromatic N) is 1. The van der Waals surface area contributed by atoms with Crippen LogP contribution in [0.4, 0.5) is 24.5 Å². The van der Waals surface area contributed by atoms with Crippen molar-refractivity contribution >= 4 is 46.4 Å². The van der Waals surface area contributed by atoms with E-state index in [0.717, 1.165) is 0 Å². The van der Waals surface area contributed by atoms with Crippen molar-refractivity contribution in [2.75, 3.05) is 16.8 Å². The third-order valence-corrected chi connectivity index (χ3v) is 5.33. The molecule has 0 aliphatic carbocycles. The molecule has 10 heteroatoms. The third-order valence-electron chi connectivity index (χ3n) is 4.76. The molecule has 0 fully saturated rings. The number of carbonyl (C=O) groups excluding carboxylic acids is 2. The van der Waals surface area contributed by atoms with Crippen LogP contribution in [0.15, 0.2) is 42.5 Å². The van der Waals surface area contributed by atoms with Gasteiger partial charge in [-0.1, -0.05) is 41.4 Å². The number of anilines is 2. The summed E-state index contributed by atoms with van der Waals surface area (Å²) in [5.41, 5.74) is 0.792. The zero-order chi connectivity index (χ0) is 22.1. The highest BCUT2D eigenvalue weighted by molar-refractivity contribution is 6.35. The minimum Gasteiger partial charge on any atom is -0.324 e. The van der Waals surface area contributed by atoms with Crippen LogP contribution in [0.2, 0.25) is 10.0 Å². The van der Waals surface area contributed by atoms with Crippen molar-refractivity contribution in [2.24, 2.45) is 0 Å². The number of hydrogen-bond acceptors (Lipinski definition) is 3. The van der Waals surface area contributed by atoms with E-state index in [0.29, 0.717) is 20.5 Å². The average Bonchev–Trinajstić information content (AvgIpc) is 2.81. The van der Waals surface area contributed by atoms with E-state index >= 15 is 0 Å². The fraction of sp³-hybridized carbons (Fsp3) is 0.300. The smallest absolute Gasteiger partial charge is 0.324 e. The van der Waals surface area contributed by atoms with Gasteiger partial charge < -0.3 is 10.6 Å². The normalized spacial score (nSPS) is 17.7. The van der Waals surface area contributed by atoms with Gasteiger partial charge in [0, 0.05) is 16.1 Å². The molecule has 0 spiro atoms. The number of alkyl halides is 3. The van der Waals surface area contributed by atoms with Crippen molar-refractivity contribution in [1.82, 2.24) is 5.32 Å². The van der Waals surface area contributed by atoms with Crippen LogP contribution in [0.3, 0.4) is 0 Å². The number of benzene rings is 2. The van der Waals surface area contributed by atoms with E-state index in [1.54, 1.807) is 31.2 Å². The molecule has 5 nitrogen and oxygen atoms in total. The second-order valence-electron chi connectivity index (χ2n) is 6.86. The quantitative estimate of drug-likeness (QED) is 0.679. The fourth-order valence-electron chi connectivity index (χ4n) is 3.28. The Balaban J connectivity index is 1.86. The van der Waals surface area contributed by atoms with Crippen molar-refractivity contribution in [3.05, 3.63) is 58.1 Å². The molecule has 1 aliphatic heterocycles. The molecule has 160 valence electrons. The topological polar surface area (TPSA) is 61.4 Å². The van der Waals surface area contributed by atoms with Gasteiger partial charge >= 0.3 is 6.18 Å². The summed E-state index contributed by atoms with van der Waals surface area (Å²) in [5.74, 6) is -1.63. The number of nitrogens with one attached hydrogen (secondary N) is 2.